The number of carbonyl (C=O) groups is 1. The second-order valence-electron chi connectivity index (χ2n) is 3.53. The van der Waals surface area contributed by atoms with Gasteiger partial charge in [-0.3, -0.25) is 4.79 Å². The number of nitrogens with zero attached hydrogens (tertiary/aromatic N) is 1. The molecule has 0 N–H and O–H groups in total. The van der Waals surface area contributed by atoms with E-state index in [0.29, 0.717) is 0 Å². The van der Waals surface area contributed by atoms with E-state index in [4.69, 9.17) is 0 Å². The monoisotopic (exact) mass is 287 g/mol. The summed E-state index contributed by atoms with van der Waals surface area (Å²) in [5, 5.41) is 0. The fraction of sp³-hybridized carbons (Fsp3) is 0.588. The summed E-state index contributed by atoms with van der Waals surface area (Å²) in [4.78, 5) is 13.8. The SMILES string of the molecule is CC.CCc1ccc(C(=O)N(CC)CC)cc1.[B]C.[B]C. The fourth-order valence-corrected chi connectivity index (χ4v) is 1.58. The predicted molar refractivity (Wildman–Crippen MR) is 97.7 cm³/mol. The molecule has 0 bridgehead atoms. The van der Waals surface area contributed by atoms with Crippen LogP contribution in [0.1, 0.15) is 50.5 Å². The molecule has 1 amide bonds. The van der Waals surface area contributed by atoms with Crippen molar-refractivity contribution in [2.24, 2.45) is 0 Å². The van der Waals surface area contributed by atoms with E-state index in [0.717, 1.165) is 25.1 Å². The Morgan fingerprint density at radius 1 is 0.905 bits per heavy atom. The van der Waals surface area contributed by atoms with E-state index < -0.39 is 0 Å². The number of aryl methyl sites for hydroxylation is 1. The molecule has 0 heterocycles. The van der Waals surface area contributed by atoms with Crippen LogP contribution in [-0.2, 0) is 6.42 Å². The molecule has 0 aromatic heterocycles. The summed E-state index contributed by atoms with van der Waals surface area (Å²) in [5.74, 6) is 0.127. The number of carbonyl (C=O) groups excluding carboxylic acids is 1. The van der Waals surface area contributed by atoms with Gasteiger partial charge in [-0.25, -0.2) is 0 Å². The average Bonchev–Trinajstić information content (AvgIpc) is 2.61. The topological polar surface area (TPSA) is 20.3 Å². The van der Waals surface area contributed by atoms with Gasteiger partial charge < -0.3 is 4.90 Å². The van der Waals surface area contributed by atoms with E-state index in [1.165, 1.54) is 19.2 Å². The van der Waals surface area contributed by atoms with Crippen molar-refractivity contribution >= 4 is 21.6 Å². The first-order valence-corrected chi connectivity index (χ1v) is 7.76. The normalized spacial score (nSPS) is 7.95. The zero-order valence-electron chi connectivity index (χ0n) is 14.9. The standard InChI is InChI=1S/C13H19NO.C2H6.2CH3B/c1-4-11-7-9-12(10-8-11)13(15)14(5-2)6-3;3*1-2/h7-10H,4-6H2,1-3H3;1-2H3;2*1H3. The molecular formula is C17H31B2NO. The maximum Gasteiger partial charge on any atom is 0.253 e. The summed E-state index contributed by atoms with van der Waals surface area (Å²) < 4.78 is 0. The van der Waals surface area contributed by atoms with Crippen LogP contribution in [0.5, 0.6) is 0 Å². The van der Waals surface area contributed by atoms with E-state index in [-0.39, 0.29) is 5.91 Å². The lowest BCUT2D eigenvalue weighted by atomic mass is 10.1. The van der Waals surface area contributed by atoms with Crippen molar-refractivity contribution in [3.63, 3.8) is 0 Å². The molecule has 1 aromatic rings. The van der Waals surface area contributed by atoms with Gasteiger partial charge in [0.2, 0.25) is 0 Å². The molecule has 0 saturated carbocycles. The van der Waals surface area contributed by atoms with Gasteiger partial charge in [-0.1, -0.05) is 46.6 Å². The Balaban J connectivity index is -0.000000478. The first kappa shape index (κ1) is 24.8. The number of rotatable bonds is 4. The molecule has 0 unspecified atom stereocenters. The maximum absolute atomic E-state index is 11.9. The van der Waals surface area contributed by atoms with Crippen molar-refractivity contribution < 1.29 is 4.79 Å². The highest BCUT2D eigenvalue weighted by molar-refractivity contribution is 6.05. The lowest BCUT2D eigenvalue weighted by Crippen LogP contribution is -2.30. The summed E-state index contributed by atoms with van der Waals surface area (Å²) in [6, 6.07) is 7.88. The summed E-state index contributed by atoms with van der Waals surface area (Å²) in [6.45, 7) is 14.7. The zero-order valence-corrected chi connectivity index (χ0v) is 14.9. The smallest absolute Gasteiger partial charge is 0.253 e. The third kappa shape index (κ3) is 10.2. The van der Waals surface area contributed by atoms with Gasteiger partial charge in [0.05, 0.1) is 15.7 Å². The third-order valence-electron chi connectivity index (χ3n) is 2.66. The van der Waals surface area contributed by atoms with Crippen LogP contribution < -0.4 is 0 Å². The molecule has 0 fully saturated rings. The first-order chi connectivity index (χ1) is 10.2. The van der Waals surface area contributed by atoms with Gasteiger partial charge in [-0.05, 0) is 38.0 Å². The van der Waals surface area contributed by atoms with Gasteiger partial charge in [0.25, 0.3) is 5.91 Å². The van der Waals surface area contributed by atoms with Crippen molar-refractivity contribution in [2.45, 2.75) is 54.7 Å². The molecule has 0 aliphatic heterocycles. The first-order valence-electron chi connectivity index (χ1n) is 7.76. The number of benzene rings is 1. The summed E-state index contributed by atoms with van der Waals surface area (Å²) in [7, 11) is 9.00. The molecule has 2 nitrogen and oxygen atoms in total. The van der Waals surface area contributed by atoms with E-state index >= 15 is 0 Å². The number of amides is 1. The summed E-state index contributed by atoms with van der Waals surface area (Å²) in [6.07, 6.45) is 1.01. The molecular weight excluding hydrogens is 256 g/mol. The van der Waals surface area contributed by atoms with Crippen LogP contribution in [0, 0.1) is 0 Å². The molecule has 0 atom stereocenters. The Hall–Kier alpha value is -1.18. The molecule has 0 saturated heterocycles. The Morgan fingerprint density at radius 2 is 1.29 bits per heavy atom. The molecule has 1 aromatic carbocycles. The predicted octanol–water partition coefficient (Wildman–Crippen LogP) is 4.16. The van der Waals surface area contributed by atoms with Gasteiger partial charge >= 0.3 is 0 Å². The Kier molecular flexibility index (Phi) is 22.2. The van der Waals surface area contributed by atoms with Crippen molar-refractivity contribution in [1.29, 1.82) is 0 Å². The molecule has 0 aliphatic rings. The van der Waals surface area contributed by atoms with Crippen molar-refractivity contribution in [3.05, 3.63) is 35.4 Å². The van der Waals surface area contributed by atoms with Gasteiger partial charge in [0.15, 0.2) is 0 Å². The highest BCUT2D eigenvalue weighted by atomic mass is 16.2. The van der Waals surface area contributed by atoms with Crippen LogP contribution in [0.4, 0.5) is 0 Å². The molecule has 0 aliphatic carbocycles. The van der Waals surface area contributed by atoms with Crippen LogP contribution in [0.2, 0.25) is 13.6 Å². The fourth-order valence-electron chi connectivity index (χ4n) is 1.58. The zero-order chi connectivity index (χ0) is 17.3. The van der Waals surface area contributed by atoms with Crippen LogP contribution in [0.25, 0.3) is 0 Å². The Morgan fingerprint density at radius 3 is 1.57 bits per heavy atom. The lowest BCUT2D eigenvalue weighted by Gasteiger charge is -2.18. The van der Waals surface area contributed by atoms with E-state index in [2.05, 4.69) is 22.6 Å². The molecule has 21 heavy (non-hydrogen) atoms. The largest absolute Gasteiger partial charge is 0.339 e. The maximum atomic E-state index is 11.9. The van der Waals surface area contributed by atoms with Crippen LogP contribution in [0.3, 0.4) is 0 Å². The van der Waals surface area contributed by atoms with Crippen molar-refractivity contribution in [3.8, 4) is 0 Å². The average molecular weight is 287 g/mol. The molecule has 4 radical (unpaired) electrons. The minimum absolute atomic E-state index is 0.127. The van der Waals surface area contributed by atoms with Gasteiger partial charge in [-0.2, -0.15) is 0 Å². The molecule has 1 rings (SSSR count). The van der Waals surface area contributed by atoms with Gasteiger partial charge in [0.1, 0.15) is 0 Å². The second kappa shape index (κ2) is 18.8. The van der Waals surface area contributed by atoms with E-state index in [1.54, 1.807) is 0 Å². The Labute approximate surface area is 135 Å². The lowest BCUT2D eigenvalue weighted by molar-refractivity contribution is 0.0773. The number of hydrogen-bond donors (Lipinski definition) is 0. The highest BCUT2D eigenvalue weighted by Crippen LogP contribution is 2.08. The van der Waals surface area contributed by atoms with Gasteiger partial charge in [0, 0.05) is 18.7 Å². The summed E-state index contributed by atoms with van der Waals surface area (Å²) >= 11 is 0. The minimum Gasteiger partial charge on any atom is -0.339 e. The molecule has 116 valence electrons. The van der Waals surface area contributed by atoms with Crippen LogP contribution >= 0.6 is 0 Å². The van der Waals surface area contributed by atoms with E-state index in [1.807, 2.05) is 56.9 Å². The molecule has 0 spiro atoms. The van der Waals surface area contributed by atoms with Gasteiger partial charge in [-0.15, -0.1) is 0 Å². The van der Waals surface area contributed by atoms with Crippen molar-refractivity contribution in [1.82, 2.24) is 4.90 Å². The van der Waals surface area contributed by atoms with Crippen molar-refractivity contribution in [2.75, 3.05) is 13.1 Å². The van der Waals surface area contributed by atoms with E-state index in [9.17, 15) is 4.79 Å². The quantitative estimate of drug-likeness (QED) is 0.761. The highest BCUT2D eigenvalue weighted by Gasteiger charge is 2.11. The van der Waals surface area contributed by atoms with Crippen LogP contribution in [-0.4, -0.2) is 39.6 Å². The summed E-state index contributed by atoms with van der Waals surface area (Å²) in [5.41, 5.74) is 2.06. The Bertz CT molecular complexity index is 322. The third-order valence-corrected chi connectivity index (χ3v) is 2.66. The second-order valence-corrected chi connectivity index (χ2v) is 3.53. The molecule has 4 heteroatoms. The minimum atomic E-state index is 0.127. The number of hydrogen-bond acceptors (Lipinski definition) is 1. The van der Waals surface area contributed by atoms with Crippen LogP contribution in [0.15, 0.2) is 24.3 Å².